The van der Waals surface area contributed by atoms with Gasteiger partial charge in [0.25, 0.3) is 5.09 Å². The Labute approximate surface area is 57.1 Å². The van der Waals surface area contributed by atoms with Crippen LogP contribution in [0.5, 0.6) is 0 Å². The summed E-state index contributed by atoms with van der Waals surface area (Å²) in [7, 11) is 0. The van der Waals surface area contributed by atoms with E-state index in [0.717, 1.165) is 0 Å². The Kier molecular flexibility index (Phi) is 4.51. The Bertz CT molecular complexity index is 106. The molecule has 0 aromatic heterocycles. The van der Waals surface area contributed by atoms with Gasteiger partial charge >= 0.3 is 0 Å². The minimum absolute atomic E-state index is 0.0669. The van der Waals surface area contributed by atoms with Gasteiger partial charge in [0, 0.05) is 13.0 Å². The molecule has 0 radical (unpaired) electrons. The number of hydrogen-bond acceptors (Lipinski definition) is 5. The van der Waals surface area contributed by atoms with Crippen molar-refractivity contribution < 1.29 is 20.1 Å². The number of aliphatic hydroxyl groups excluding tert-OH is 2. The molecule has 0 saturated carbocycles. The van der Waals surface area contributed by atoms with E-state index >= 15 is 0 Å². The van der Waals surface area contributed by atoms with Crippen molar-refractivity contribution in [1.29, 1.82) is 0 Å². The number of hydrogen-bond donors (Lipinski definition) is 2. The summed E-state index contributed by atoms with van der Waals surface area (Å²) in [5, 5.41) is 25.3. The Hall–Kier alpha value is -0.880. The second kappa shape index (κ2) is 4.95. The lowest BCUT2D eigenvalue weighted by Crippen LogP contribution is -2.16. The van der Waals surface area contributed by atoms with E-state index in [-0.39, 0.29) is 19.4 Å². The predicted octanol–water partition coefficient (Wildman–Crippen LogP) is -0.714. The van der Waals surface area contributed by atoms with E-state index in [1.807, 2.05) is 0 Å². The van der Waals surface area contributed by atoms with Crippen molar-refractivity contribution in [2.24, 2.45) is 0 Å². The van der Waals surface area contributed by atoms with Crippen molar-refractivity contribution in [3.63, 3.8) is 0 Å². The molecule has 0 fully saturated rings. The molecule has 1 unspecified atom stereocenters. The van der Waals surface area contributed by atoms with E-state index in [1.165, 1.54) is 0 Å². The molecule has 0 aromatic carbocycles. The maximum atomic E-state index is 9.53. The fourth-order valence-corrected chi connectivity index (χ4v) is 0.418. The van der Waals surface area contributed by atoms with Crippen molar-refractivity contribution in [2.45, 2.75) is 19.1 Å². The fraction of sp³-hybridized carbons (Fsp3) is 1.00. The summed E-state index contributed by atoms with van der Waals surface area (Å²) in [4.78, 5) is 13.3. The first-order valence-corrected chi connectivity index (χ1v) is 2.77. The Morgan fingerprint density at radius 1 is 1.70 bits per heavy atom. The van der Waals surface area contributed by atoms with E-state index in [2.05, 4.69) is 4.84 Å². The summed E-state index contributed by atoms with van der Waals surface area (Å²) >= 11 is 0. The molecule has 0 rings (SSSR count). The third-order valence-corrected chi connectivity index (χ3v) is 0.817. The molecule has 2 N–H and O–H groups in total. The molecule has 6 heteroatoms. The van der Waals surface area contributed by atoms with Gasteiger partial charge in [-0.3, -0.25) is 4.84 Å². The summed E-state index contributed by atoms with van der Waals surface area (Å²) in [5.41, 5.74) is 0. The van der Waals surface area contributed by atoms with Gasteiger partial charge in [-0.1, -0.05) is 0 Å². The van der Waals surface area contributed by atoms with Crippen LogP contribution in [-0.4, -0.2) is 28.2 Å². The van der Waals surface area contributed by atoms with Crippen molar-refractivity contribution in [2.75, 3.05) is 6.61 Å². The normalized spacial score (nSPS) is 12.6. The van der Waals surface area contributed by atoms with E-state index < -0.39 is 11.4 Å². The van der Waals surface area contributed by atoms with Gasteiger partial charge in [0.1, 0.15) is 0 Å². The Morgan fingerprint density at radius 2 is 2.30 bits per heavy atom. The lowest BCUT2D eigenvalue weighted by Gasteiger charge is -2.05. The molecule has 0 bridgehead atoms. The van der Waals surface area contributed by atoms with E-state index in [0.29, 0.717) is 0 Å². The van der Waals surface area contributed by atoms with Crippen LogP contribution < -0.4 is 0 Å². The molecular weight excluding hydrogens is 142 g/mol. The number of rotatable bonds is 5. The van der Waals surface area contributed by atoms with Gasteiger partial charge in [-0.2, -0.15) is 0 Å². The van der Waals surface area contributed by atoms with Gasteiger partial charge in [-0.15, -0.1) is 10.1 Å². The van der Waals surface area contributed by atoms with Crippen LogP contribution in [0.25, 0.3) is 0 Å². The highest BCUT2D eigenvalue weighted by atomic mass is 17.0. The molecule has 0 saturated heterocycles. The topological polar surface area (TPSA) is 92.8 Å². The third kappa shape index (κ3) is 5.26. The molecule has 0 aliphatic carbocycles. The van der Waals surface area contributed by atoms with Gasteiger partial charge in [0.2, 0.25) is 6.29 Å². The first kappa shape index (κ1) is 9.12. The van der Waals surface area contributed by atoms with Crippen LogP contribution in [0.3, 0.4) is 0 Å². The molecule has 0 aromatic rings. The van der Waals surface area contributed by atoms with Crippen molar-refractivity contribution in [3.05, 3.63) is 10.1 Å². The summed E-state index contributed by atoms with van der Waals surface area (Å²) in [5.74, 6) is 0. The number of aliphatic hydroxyl groups is 2. The molecule has 6 nitrogen and oxygen atoms in total. The largest absolute Gasteiger partial charge is 0.396 e. The lowest BCUT2D eigenvalue weighted by atomic mass is 10.3. The maximum Gasteiger partial charge on any atom is 0.297 e. The SMILES string of the molecule is O=[N+]([O-])OC(O)CCCO. The highest BCUT2D eigenvalue weighted by Crippen LogP contribution is 1.97. The zero-order chi connectivity index (χ0) is 7.98. The van der Waals surface area contributed by atoms with Crippen LogP contribution in [-0.2, 0) is 4.84 Å². The van der Waals surface area contributed by atoms with Crippen LogP contribution in [0.1, 0.15) is 12.8 Å². The standard InChI is InChI=1S/C4H9NO5/c6-3-1-2-4(7)10-5(8)9/h4,6-7H,1-3H2. The van der Waals surface area contributed by atoms with Crippen LogP contribution in [0.2, 0.25) is 0 Å². The molecule has 0 aliphatic rings. The summed E-state index contributed by atoms with van der Waals surface area (Å²) in [6, 6.07) is 0. The Balaban J connectivity index is 3.25. The van der Waals surface area contributed by atoms with Gasteiger partial charge in [-0.05, 0) is 6.42 Å². The molecule has 1 atom stereocenters. The van der Waals surface area contributed by atoms with E-state index in [4.69, 9.17) is 10.2 Å². The summed E-state index contributed by atoms with van der Waals surface area (Å²) < 4.78 is 0. The molecule has 10 heavy (non-hydrogen) atoms. The van der Waals surface area contributed by atoms with Gasteiger partial charge in [-0.25, -0.2) is 0 Å². The van der Waals surface area contributed by atoms with Crippen LogP contribution in [0.4, 0.5) is 0 Å². The molecule has 0 amide bonds. The quantitative estimate of drug-likeness (QED) is 0.307. The van der Waals surface area contributed by atoms with Crippen molar-refractivity contribution in [3.8, 4) is 0 Å². The lowest BCUT2D eigenvalue weighted by molar-refractivity contribution is -0.780. The first-order valence-electron chi connectivity index (χ1n) is 2.77. The average Bonchev–Trinajstić information content (AvgIpc) is 1.82. The number of nitrogens with zero attached hydrogens (tertiary/aromatic N) is 1. The molecule has 0 heterocycles. The first-order chi connectivity index (χ1) is 4.66. The van der Waals surface area contributed by atoms with Gasteiger partial charge in [0.05, 0.1) is 0 Å². The smallest absolute Gasteiger partial charge is 0.297 e. The van der Waals surface area contributed by atoms with Crippen LogP contribution in [0.15, 0.2) is 0 Å². The summed E-state index contributed by atoms with van der Waals surface area (Å²) in [6.07, 6.45) is -1.06. The van der Waals surface area contributed by atoms with Crippen LogP contribution in [0, 0.1) is 10.1 Å². The molecular formula is C4H9NO5. The highest BCUT2D eigenvalue weighted by Gasteiger charge is 2.06. The zero-order valence-electron chi connectivity index (χ0n) is 5.27. The maximum absolute atomic E-state index is 9.53. The molecule has 0 aliphatic heterocycles. The minimum Gasteiger partial charge on any atom is -0.396 e. The van der Waals surface area contributed by atoms with Crippen molar-refractivity contribution in [1.82, 2.24) is 0 Å². The van der Waals surface area contributed by atoms with Gasteiger partial charge in [0.15, 0.2) is 0 Å². The average molecular weight is 151 g/mol. The highest BCUT2D eigenvalue weighted by molar-refractivity contribution is 4.38. The summed E-state index contributed by atoms with van der Waals surface area (Å²) in [6.45, 7) is -0.113. The second-order valence-electron chi connectivity index (χ2n) is 1.65. The fourth-order valence-electron chi connectivity index (χ4n) is 0.418. The second-order valence-corrected chi connectivity index (χ2v) is 1.65. The predicted molar refractivity (Wildman–Crippen MR) is 30.4 cm³/mol. The zero-order valence-corrected chi connectivity index (χ0v) is 5.27. The Morgan fingerprint density at radius 3 is 2.70 bits per heavy atom. The molecule has 60 valence electrons. The van der Waals surface area contributed by atoms with E-state index in [1.54, 1.807) is 0 Å². The monoisotopic (exact) mass is 151 g/mol. The third-order valence-electron chi connectivity index (χ3n) is 0.817. The van der Waals surface area contributed by atoms with E-state index in [9.17, 15) is 10.1 Å². The van der Waals surface area contributed by atoms with Crippen LogP contribution >= 0.6 is 0 Å². The molecule has 0 spiro atoms. The van der Waals surface area contributed by atoms with Gasteiger partial charge < -0.3 is 10.2 Å². The minimum atomic E-state index is -1.41. The van der Waals surface area contributed by atoms with Crippen molar-refractivity contribution >= 4 is 0 Å².